The van der Waals surface area contributed by atoms with Crippen LogP contribution in [-0.2, 0) is 9.84 Å². The first kappa shape index (κ1) is 31.8. The van der Waals surface area contributed by atoms with Gasteiger partial charge in [-0.1, -0.05) is 18.2 Å². The smallest absolute Gasteiger partial charge is 0.440 e. The molecular formula is C31H25F6N3O4S. The highest BCUT2D eigenvalue weighted by Crippen LogP contribution is 2.42. The average molecular weight is 650 g/mol. The van der Waals surface area contributed by atoms with Gasteiger partial charge in [0.05, 0.1) is 10.6 Å². The second kappa shape index (κ2) is 11.7. The number of hydrogen-bond acceptors (Lipinski definition) is 7. The molecule has 5 rings (SSSR count). The largest absolute Gasteiger partial charge is 0.573 e. The molecule has 0 radical (unpaired) electrons. The standard InChI is InChI=1S/C31H25F6N3O4S/c1-17-39-28(29(43-17)19-8-11-22(12-9-19)44-31(35,36)37)24-15-21(20-4-3-5-23(14-20)45(2,41)42)10-13-25(24)40-26(18-6-7-18)16-27(38)30(32,33)34/h3-5,8-16,18H,6-7,38H2,1-2H3. The van der Waals surface area contributed by atoms with Crippen molar-refractivity contribution in [2.75, 3.05) is 6.26 Å². The number of aliphatic imine (C=N–C) groups is 1. The summed E-state index contributed by atoms with van der Waals surface area (Å²) in [7, 11) is -3.54. The number of aromatic nitrogens is 1. The molecule has 0 saturated heterocycles. The first-order valence-corrected chi connectivity index (χ1v) is 15.3. The number of nitrogens with zero attached hydrogens (tertiary/aromatic N) is 2. The van der Waals surface area contributed by atoms with Crippen LogP contribution in [0.1, 0.15) is 18.7 Å². The van der Waals surface area contributed by atoms with Gasteiger partial charge in [0.25, 0.3) is 0 Å². The molecule has 0 aliphatic heterocycles. The minimum atomic E-state index is -4.89. The van der Waals surface area contributed by atoms with E-state index in [1.54, 1.807) is 37.3 Å². The zero-order valence-electron chi connectivity index (χ0n) is 23.7. The Labute approximate surface area is 254 Å². The fourth-order valence-electron chi connectivity index (χ4n) is 4.52. The third-order valence-corrected chi connectivity index (χ3v) is 7.92. The summed E-state index contributed by atoms with van der Waals surface area (Å²) in [5, 5.41) is 0. The number of alkyl halides is 6. The maximum Gasteiger partial charge on any atom is 0.573 e. The van der Waals surface area contributed by atoms with Crippen LogP contribution in [0.25, 0.3) is 33.7 Å². The number of oxazole rings is 1. The minimum absolute atomic E-state index is 0.0755. The van der Waals surface area contributed by atoms with E-state index in [4.69, 9.17) is 10.2 Å². The van der Waals surface area contributed by atoms with Crippen LogP contribution in [0, 0.1) is 12.8 Å². The minimum Gasteiger partial charge on any atom is -0.440 e. The van der Waals surface area contributed by atoms with Crippen LogP contribution in [0.15, 0.2) is 92.8 Å². The summed E-state index contributed by atoms with van der Waals surface area (Å²) in [6.45, 7) is 1.55. The molecule has 0 spiro atoms. The number of ether oxygens (including phenoxy) is 1. The molecule has 3 aromatic carbocycles. The van der Waals surface area contributed by atoms with E-state index >= 15 is 0 Å². The molecule has 0 unspecified atom stereocenters. The molecule has 7 nitrogen and oxygen atoms in total. The molecule has 45 heavy (non-hydrogen) atoms. The van der Waals surface area contributed by atoms with Crippen LogP contribution in [0.5, 0.6) is 5.75 Å². The predicted octanol–water partition coefficient (Wildman–Crippen LogP) is 8.17. The third-order valence-electron chi connectivity index (χ3n) is 6.81. The summed E-state index contributed by atoms with van der Waals surface area (Å²) in [6.07, 6.45) is -6.53. The van der Waals surface area contributed by atoms with Crippen molar-refractivity contribution in [3.63, 3.8) is 0 Å². The first-order chi connectivity index (χ1) is 21.0. The Hall–Kier alpha value is -4.59. The Kier molecular flexibility index (Phi) is 8.29. The van der Waals surface area contributed by atoms with E-state index in [0.29, 0.717) is 35.1 Å². The monoisotopic (exact) mass is 649 g/mol. The second-order valence-corrected chi connectivity index (χ2v) is 12.4. The average Bonchev–Trinajstić information content (AvgIpc) is 3.72. The van der Waals surface area contributed by atoms with E-state index in [2.05, 4.69) is 14.7 Å². The molecule has 1 aliphatic rings. The quantitative estimate of drug-likeness (QED) is 0.152. The maximum absolute atomic E-state index is 13.3. The maximum atomic E-state index is 13.3. The van der Waals surface area contributed by atoms with Gasteiger partial charge in [-0.2, -0.15) is 13.2 Å². The Bertz CT molecular complexity index is 1910. The number of allylic oxidation sites excluding steroid dienone is 2. The fraction of sp³-hybridized carbons (Fsp3) is 0.226. The highest BCUT2D eigenvalue weighted by Gasteiger charge is 2.35. The highest BCUT2D eigenvalue weighted by atomic mass is 32.2. The summed E-state index contributed by atoms with van der Waals surface area (Å²) in [5.74, 6) is -0.351. The van der Waals surface area contributed by atoms with Crippen LogP contribution in [0.2, 0.25) is 0 Å². The fourth-order valence-corrected chi connectivity index (χ4v) is 5.19. The lowest BCUT2D eigenvalue weighted by atomic mass is 9.98. The molecule has 1 aromatic heterocycles. The van der Waals surface area contributed by atoms with Gasteiger partial charge in [0.1, 0.15) is 17.1 Å². The van der Waals surface area contributed by atoms with E-state index in [-0.39, 0.29) is 39.6 Å². The summed E-state index contributed by atoms with van der Waals surface area (Å²) in [5.41, 5.74) is 6.28. The lowest BCUT2D eigenvalue weighted by molar-refractivity contribution is -0.274. The molecule has 1 aliphatic carbocycles. The predicted molar refractivity (Wildman–Crippen MR) is 155 cm³/mol. The van der Waals surface area contributed by atoms with Gasteiger partial charge in [0.15, 0.2) is 21.5 Å². The third kappa shape index (κ3) is 7.74. The van der Waals surface area contributed by atoms with Gasteiger partial charge in [-0.05, 0) is 78.6 Å². The molecule has 0 bridgehead atoms. The molecule has 4 aromatic rings. The van der Waals surface area contributed by atoms with Crippen molar-refractivity contribution in [2.24, 2.45) is 16.6 Å². The molecule has 1 saturated carbocycles. The Morgan fingerprint density at radius 1 is 0.978 bits per heavy atom. The van der Waals surface area contributed by atoms with E-state index in [1.807, 2.05) is 0 Å². The molecule has 1 heterocycles. The highest BCUT2D eigenvalue weighted by molar-refractivity contribution is 7.90. The van der Waals surface area contributed by atoms with E-state index in [1.165, 1.54) is 24.3 Å². The van der Waals surface area contributed by atoms with Crippen LogP contribution in [0.4, 0.5) is 32.0 Å². The van der Waals surface area contributed by atoms with Crippen molar-refractivity contribution in [2.45, 2.75) is 37.2 Å². The van der Waals surface area contributed by atoms with Gasteiger partial charge in [-0.3, -0.25) is 4.99 Å². The summed E-state index contributed by atoms with van der Waals surface area (Å²) in [6, 6.07) is 15.9. The summed E-state index contributed by atoms with van der Waals surface area (Å²) < 4.78 is 112. The van der Waals surface area contributed by atoms with E-state index in [9.17, 15) is 34.8 Å². The Morgan fingerprint density at radius 3 is 2.22 bits per heavy atom. The molecule has 0 amide bonds. The Balaban J connectivity index is 1.69. The van der Waals surface area contributed by atoms with Crippen molar-refractivity contribution in [3.8, 4) is 39.5 Å². The number of sulfone groups is 1. The number of hydrogen-bond donors (Lipinski definition) is 1. The first-order valence-electron chi connectivity index (χ1n) is 13.4. The number of nitrogens with two attached hydrogens (primary N) is 1. The number of benzene rings is 3. The Morgan fingerprint density at radius 2 is 1.62 bits per heavy atom. The van der Waals surface area contributed by atoms with Crippen LogP contribution < -0.4 is 10.5 Å². The SMILES string of the molecule is Cc1nc(-c2cc(-c3cccc(S(C)(=O)=O)c3)ccc2N=C(C=C(N)C(F)(F)F)C2CC2)c(-c2ccc(OC(F)(F)F)cc2)o1. The van der Waals surface area contributed by atoms with Crippen molar-refractivity contribution < 1.29 is 43.9 Å². The van der Waals surface area contributed by atoms with Crippen molar-refractivity contribution in [1.29, 1.82) is 0 Å². The molecular weight excluding hydrogens is 624 g/mol. The van der Waals surface area contributed by atoms with Gasteiger partial charge < -0.3 is 14.9 Å². The van der Waals surface area contributed by atoms with Gasteiger partial charge in [0.2, 0.25) is 0 Å². The zero-order chi connectivity index (χ0) is 32.7. The zero-order valence-corrected chi connectivity index (χ0v) is 24.5. The van der Waals surface area contributed by atoms with Crippen LogP contribution in [-0.4, -0.2) is 37.9 Å². The van der Waals surface area contributed by atoms with Crippen LogP contribution >= 0.6 is 0 Å². The molecule has 14 heteroatoms. The normalized spacial score (nSPS) is 14.9. The summed E-state index contributed by atoms with van der Waals surface area (Å²) in [4.78, 5) is 9.15. The van der Waals surface area contributed by atoms with E-state index in [0.717, 1.165) is 24.5 Å². The molecule has 236 valence electrons. The van der Waals surface area contributed by atoms with E-state index < -0.39 is 33.8 Å². The lowest BCUT2D eigenvalue weighted by Gasteiger charge is -2.12. The number of aryl methyl sites for hydroxylation is 1. The number of halogens is 6. The molecule has 0 atom stereocenters. The van der Waals surface area contributed by atoms with Gasteiger partial charge >= 0.3 is 12.5 Å². The second-order valence-electron chi connectivity index (χ2n) is 10.4. The lowest BCUT2D eigenvalue weighted by Crippen LogP contribution is -2.21. The number of rotatable bonds is 8. The van der Waals surface area contributed by atoms with Crippen LogP contribution in [0.3, 0.4) is 0 Å². The molecule has 1 fully saturated rings. The van der Waals surface area contributed by atoms with Gasteiger partial charge in [-0.25, -0.2) is 13.4 Å². The van der Waals surface area contributed by atoms with Crippen molar-refractivity contribution >= 4 is 21.2 Å². The van der Waals surface area contributed by atoms with Gasteiger partial charge in [0, 0.05) is 35.9 Å². The topological polar surface area (TPSA) is 108 Å². The van der Waals surface area contributed by atoms with Crippen molar-refractivity contribution in [3.05, 3.63) is 84.4 Å². The summed E-state index contributed by atoms with van der Waals surface area (Å²) >= 11 is 0. The molecule has 2 N–H and O–H groups in total. The van der Waals surface area contributed by atoms with Crippen molar-refractivity contribution in [1.82, 2.24) is 4.98 Å². The van der Waals surface area contributed by atoms with Gasteiger partial charge in [-0.15, -0.1) is 13.2 Å².